The molecule has 0 aliphatic carbocycles. The van der Waals surface area contributed by atoms with Crippen molar-refractivity contribution < 1.29 is 0 Å². The maximum absolute atomic E-state index is 6.33. The van der Waals surface area contributed by atoms with E-state index in [2.05, 4.69) is 50.5 Å². The molecule has 0 aliphatic rings. The van der Waals surface area contributed by atoms with Gasteiger partial charge in [-0.3, -0.25) is 9.97 Å². The van der Waals surface area contributed by atoms with E-state index in [4.69, 9.17) is 18.0 Å². The standard InChI is InChI=1S/C20H23ClN2/c1-7-14-10-15(23-13-16(14)19(2,3)4)11-20(5,6)17-12-22-9-8-18(17)21/h1,8-10,12-13H,11H2,2-6H3. The van der Waals surface area contributed by atoms with Crippen LogP contribution in [-0.2, 0) is 17.3 Å². The fourth-order valence-corrected chi connectivity index (χ4v) is 3.10. The van der Waals surface area contributed by atoms with Crippen molar-refractivity contribution in [3.05, 3.63) is 58.1 Å². The molecular weight excluding hydrogens is 304 g/mol. The minimum Gasteiger partial charge on any atom is -0.264 e. The van der Waals surface area contributed by atoms with Crippen molar-refractivity contribution in [1.29, 1.82) is 0 Å². The number of terminal acetylenes is 1. The van der Waals surface area contributed by atoms with Gasteiger partial charge in [0.1, 0.15) is 0 Å². The molecule has 0 saturated carbocycles. The van der Waals surface area contributed by atoms with Gasteiger partial charge in [0.2, 0.25) is 0 Å². The van der Waals surface area contributed by atoms with Crippen LogP contribution in [0.5, 0.6) is 0 Å². The van der Waals surface area contributed by atoms with Crippen molar-refractivity contribution in [2.24, 2.45) is 0 Å². The lowest BCUT2D eigenvalue weighted by molar-refractivity contribution is 0.512. The highest BCUT2D eigenvalue weighted by molar-refractivity contribution is 6.31. The summed E-state index contributed by atoms with van der Waals surface area (Å²) in [6.07, 6.45) is 11.9. The molecule has 0 spiro atoms. The lowest BCUT2D eigenvalue weighted by Gasteiger charge is -2.26. The fraction of sp³-hybridized carbons (Fsp3) is 0.400. The van der Waals surface area contributed by atoms with Gasteiger partial charge >= 0.3 is 0 Å². The Hall–Kier alpha value is -1.85. The summed E-state index contributed by atoms with van der Waals surface area (Å²) in [5.74, 6) is 2.80. The smallest absolute Gasteiger partial charge is 0.0474 e. The van der Waals surface area contributed by atoms with Gasteiger partial charge in [0.15, 0.2) is 0 Å². The lowest BCUT2D eigenvalue weighted by atomic mass is 9.80. The monoisotopic (exact) mass is 326 g/mol. The van der Waals surface area contributed by atoms with Crippen LogP contribution in [0.15, 0.2) is 30.7 Å². The van der Waals surface area contributed by atoms with Gasteiger partial charge in [0.25, 0.3) is 0 Å². The fourth-order valence-electron chi connectivity index (χ4n) is 2.74. The average Bonchev–Trinajstić information content (AvgIpc) is 2.45. The van der Waals surface area contributed by atoms with Crippen molar-refractivity contribution in [3.63, 3.8) is 0 Å². The molecule has 120 valence electrons. The van der Waals surface area contributed by atoms with E-state index in [9.17, 15) is 0 Å². The van der Waals surface area contributed by atoms with Gasteiger partial charge < -0.3 is 0 Å². The number of aromatic nitrogens is 2. The summed E-state index contributed by atoms with van der Waals surface area (Å²) in [4.78, 5) is 8.83. The van der Waals surface area contributed by atoms with Crippen LogP contribution in [0.4, 0.5) is 0 Å². The largest absolute Gasteiger partial charge is 0.264 e. The van der Waals surface area contributed by atoms with Gasteiger partial charge in [0, 0.05) is 34.9 Å². The summed E-state index contributed by atoms with van der Waals surface area (Å²) in [6, 6.07) is 3.84. The molecule has 0 N–H and O–H groups in total. The Morgan fingerprint density at radius 1 is 1.13 bits per heavy atom. The number of hydrogen-bond acceptors (Lipinski definition) is 2. The zero-order chi connectivity index (χ0) is 17.3. The minimum atomic E-state index is -0.173. The first-order valence-corrected chi connectivity index (χ1v) is 8.09. The molecule has 2 aromatic heterocycles. The molecule has 0 radical (unpaired) electrons. The van der Waals surface area contributed by atoms with Gasteiger partial charge in [0.05, 0.1) is 0 Å². The normalized spacial score (nSPS) is 12.0. The van der Waals surface area contributed by atoms with E-state index in [1.807, 2.05) is 24.5 Å². The zero-order valence-corrected chi connectivity index (χ0v) is 15.2. The lowest BCUT2D eigenvalue weighted by Crippen LogP contribution is -2.22. The first-order chi connectivity index (χ1) is 10.6. The van der Waals surface area contributed by atoms with E-state index in [1.165, 1.54) is 0 Å². The molecule has 0 fully saturated rings. The van der Waals surface area contributed by atoms with Crippen LogP contribution in [0.1, 0.15) is 57.0 Å². The molecule has 0 atom stereocenters. The van der Waals surface area contributed by atoms with Crippen LogP contribution in [0.2, 0.25) is 5.02 Å². The Morgan fingerprint density at radius 3 is 2.39 bits per heavy atom. The van der Waals surface area contributed by atoms with Gasteiger partial charge in [-0.25, -0.2) is 0 Å². The van der Waals surface area contributed by atoms with E-state index in [0.717, 1.165) is 33.8 Å². The second kappa shape index (κ2) is 6.34. The van der Waals surface area contributed by atoms with Crippen LogP contribution < -0.4 is 0 Å². The van der Waals surface area contributed by atoms with E-state index in [1.54, 1.807) is 6.20 Å². The summed E-state index contributed by atoms with van der Waals surface area (Å²) < 4.78 is 0. The van der Waals surface area contributed by atoms with Crippen molar-refractivity contribution in [2.75, 3.05) is 0 Å². The summed E-state index contributed by atoms with van der Waals surface area (Å²) in [5, 5.41) is 0.730. The van der Waals surface area contributed by atoms with E-state index >= 15 is 0 Å². The molecule has 23 heavy (non-hydrogen) atoms. The highest BCUT2D eigenvalue weighted by atomic mass is 35.5. The Bertz CT molecular complexity index is 749. The predicted molar refractivity (Wildman–Crippen MR) is 96.8 cm³/mol. The van der Waals surface area contributed by atoms with Crippen LogP contribution in [0.3, 0.4) is 0 Å². The van der Waals surface area contributed by atoms with Gasteiger partial charge in [-0.1, -0.05) is 52.1 Å². The maximum Gasteiger partial charge on any atom is 0.0474 e. The molecule has 0 amide bonds. The molecular formula is C20H23ClN2. The van der Waals surface area contributed by atoms with E-state index in [0.29, 0.717) is 0 Å². The minimum absolute atomic E-state index is 0.0184. The predicted octanol–water partition coefficient (Wildman–Crippen LogP) is 4.93. The molecule has 0 saturated heterocycles. The average molecular weight is 327 g/mol. The molecule has 2 aromatic rings. The van der Waals surface area contributed by atoms with Crippen LogP contribution in [0.25, 0.3) is 0 Å². The first-order valence-electron chi connectivity index (χ1n) is 7.71. The van der Waals surface area contributed by atoms with Gasteiger partial charge in [-0.15, -0.1) is 6.42 Å². The molecule has 0 bridgehead atoms. The molecule has 2 heterocycles. The third kappa shape index (κ3) is 3.92. The quantitative estimate of drug-likeness (QED) is 0.747. The highest BCUT2D eigenvalue weighted by Crippen LogP contribution is 2.33. The van der Waals surface area contributed by atoms with Gasteiger partial charge in [-0.05, 0) is 40.5 Å². The third-order valence-corrected chi connectivity index (χ3v) is 4.37. The molecule has 0 unspecified atom stereocenters. The van der Waals surface area contributed by atoms with Gasteiger partial charge in [-0.2, -0.15) is 0 Å². The molecule has 3 heteroatoms. The number of pyridine rings is 2. The number of halogens is 1. The van der Waals surface area contributed by atoms with Crippen molar-refractivity contribution >= 4 is 11.6 Å². The number of nitrogens with zero attached hydrogens (tertiary/aromatic N) is 2. The first kappa shape index (κ1) is 17.5. The second-order valence-electron chi connectivity index (χ2n) is 7.53. The van der Waals surface area contributed by atoms with Crippen molar-refractivity contribution in [2.45, 2.75) is 51.9 Å². The SMILES string of the molecule is C#Cc1cc(CC(C)(C)c2cnccc2Cl)ncc1C(C)(C)C. The molecule has 0 aliphatic heterocycles. The van der Waals surface area contributed by atoms with Crippen LogP contribution in [-0.4, -0.2) is 9.97 Å². The summed E-state index contributed by atoms with van der Waals surface area (Å²) in [6.45, 7) is 10.7. The van der Waals surface area contributed by atoms with E-state index in [-0.39, 0.29) is 10.8 Å². The molecule has 0 aromatic carbocycles. The third-order valence-electron chi connectivity index (χ3n) is 4.04. The Labute approximate surface area is 144 Å². The Morgan fingerprint density at radius 2 is 1.83 bits per heavy atom. The Kier molecular flexibility index (Phi) is 4.82. The maximum atomic E-state index is 6.33. The van der Waals surface area contributed by atoms with Crippen molar-refractivity contribution in [3.8, 4) is 12.3 Å². The summed E-state index contributed by atoms with van der Waals surface area (Å²) in [5.41, 5.74) is 3.81. The molecule has 2 rings (SSSR count). The van der Waals surface area contributed by atoms with E-state index < -0.39 is 0 Å². The zero-order valence-electron chi connectivity index (χ0n) is 14.4. The Balaban J connectivity index is 2.38. The van der Waals surface area contributed by atoms with Crippen LogP contribution in [0, 0.1) is 12.3 Å². The molecule has 2 nitrogen and oxygen atoms in total. The van der Waals surface area contributed by atoms with Crippen LogP contribution >= 0.6 is 11.6 Å². The number of hydrogen-bond donors (Lipinski definition) is 0. The number of rotatable bonds is 3. The van der Waals surface area contributed by atoms with Crippen molar-refractivity contribution in [1.82, 2.24) is 9.97 Å². The summed E-state index contributed by atoms with van der Waals surface area (Å²) in [7, 11) is 0. The summed E-state index contributed by atoms with van der Waals surface area (Å²) >= 11 is 6.33. The highest BCUT2D eigenvalue weighted by Gasteiger charge is 2.26. The second-order valence-corrected chi connectivity index (χ2v) is 7.94. The topological polar surface area (TPSA) is 25.8 Å².